The molecule has 0 saturated carbocycles. The molecule has 5 nitrogen and oxygen atoms in total. The summed E-state index contributed by atoms with van der Waals surface area (Å²) >= 11 is 3.45. The second-order valence-electron chi connectivity index (χ2n) is 3.96. The normalized spacial score (nSPS) is 10.4. The molecular weight excluding hydrogens is 315 g/mol. The summed E-state index contributed by atoms with van der Waals surface area (Å²) in [5.74, 6) is 4.92. The summed E-state index contributed by atoms with van der Waals surface area (Å²) in [6, 6.07) is 3.57. The Labute approximate surface area is 118 Å². The number of ether oxygens (including phenoxy) is 1. The minimum Gasteiger partial charge on any atom is -0.436 e. The average Bonchev–Trinajstić information content (AvgIpc) is 2.38. The van der Waals surface area contributed by atoms with Crippen LogP contribution in [-0.2, 0) is 0 Å². The van der Waals surface area contributed by atoms with Gasteiger partial charge in [-0.1, -0.05) is 15.9 Å². The van der Waals surface area contributed by atoms with Gasteiger partial charge in [-0.15, -0.1) is 0 Å². The van der Waals surface area contributed by atoms with Crippen molar-refractivity contribution >= 4 is 21.9 Å². The number of aryl methyl sites for hydroxylation is 2. The molecule has 0 unspecified atom stereocenters. The first-order chi connectivity index (χ1) is 9.01. The summed E-state index contributed by atoms with van der Waals surface area (Å²) in [7, 11) is 0. The molecule has 0 amide bonds. The van der Waals surface area contributed by atoms with Gasteiger partial charge in [0, 0.05) is 4.47 Å². The molecule has 7 heteroatoms. The third-order valence-electron chi connectivity index (χ3n) is 2.47. The molecule has 3 N–H and O–H groups in total. The fraction of sp³-hybridized carbons (Fsp3) is 0.167. The zero-order valence-electron chi connectivity index (χ0n) is 10.4. The van der Waals surface area contributed by atoms with E-state index in [0.29, 0.717) is 5.75 Å². The predicted molar refractivity (Wildman–Crippen MR) is 73.5 cm³/mol. The van der Waals surface area contributed by atoms with Crippen LogP contribution in [0.5, 0.6) is 11.6 Å². The van der Waals surface area contributed by atoms with Crippen LogP contribution in [0.4, 0.5) is 10.3 Å². The number of hydrogen-bond donors (Lipinski definition) is 2. The molecule has 0 aliphatic rings. The highest BCUT2D eigenvalue weighted by molar-refractivity contribution is 9.10. The number of anilines is 1. The largest absolute Gasteiger partial charge is 0.436 e. The number of nitrogens with two attached hydrogens (primary N) is 1. The van der Waals surface area contributed by atoms with Crippen LogP contribution in [0.3, 0.4) is 0 Å². The van der Waals surface area contributed by atoms with Gasteiger partial charge >= 0.3 is 0 Å². The molecule has 1 aromatic heterocycles. The van der Waals surface area contributed by atoms with E-state index in [-0.39, 0.29) is 11.8 Å². The van der Waals surface area contributed by atoms with Crippen molar-refractivity contribution < 1.29 is 9.13 Å². The zero-order valence-corrected chi connectivity index (χ0v) is 12.0. The highest BCUT2D eigenvalue weighted by Gasteiger charge is 2.10. The maximum Gasteiger partial charge on any atom is 0.260 e. The zero-order chi connectivity index (χ0) is 14.0. The van der Waals surface area contributed by atoms with Crippen LogP contribution in [-0.4, -0.2) is 9.97 Å². The molecule has 2 aromatic rings. The molecule has 0 radical (unpaired) electrons. The Morgan fingerprint density at radius 2 is 1.95 bits per heavy atom. The standard InChI is InChI=1S/C12H12BrFN4O/c1-6-3-8(4-7(2)10(6)13)19-11-9(14)5-16-12(17-11)18-15/h3-5H,15H2,1-2H3,(H,16,17,18). The van der Waals surface area contributed by atoms with Crippen LogP contribution in [0, 0.1) is 19.7 Å². The van der Waals surface area contributed by atoms with E-state index in [2.05, 4.69) is 31.3 Å². The molecule has 0 aliphatic heterocycles. The van der Waals surface area contributed by atoms with Crippen LogP contribution >= 0.6 is 15.9 Å². The number of nitrogen functional groups attached to an aromatic ring is 1. The van der Waals surface area contributed by atoms with Crippen molar-refractivity contribution in [2.24, 2.45) is 5.84 Å². The second-order valence-corrected chi connectivity index (χ2v) is 4.76. The molecule has 0 aliphatic carbocycles. The first-order valence-corrected chi connectivity index (χ1v) is 6.24. The van der Waals surface area contributed by atoms with E-state index >= 15 is 0 Å². The number of aromatic nitrogens is 2. The maximum absolute atomic E-state index is 13.5. The molecular formula is C12H12BrFN4O. The van der Waals surface area contributed by atoms with Gasteiger partial charge in [0.05, 0.1) is 6.20 Å². The van der Waals surface area contributed by atoms with Crippen LogP contribution in [0.2, 0.25) is 0 Å². The van der Waals surface area contributed by atoms with E-state index < -0.39 is 5.82 Å². The Kier molecular flexibility index (Phi) is 3.96. The quantitative estimate of drug-likeness (QED) is 0.669. The molecule has 1 heterocycles. The monoisotopic (exact) mass is 326 g/mol. The summed E-state index contributed by atoms with van der Waals surface area (Å²) in [6.45, 7) is 3.85. The lowest BCUT2D eigenvalue weighted by Crippen LogP contribution is -2.11. The average molecular weight is 327 g/mol. The number of benzene rings is 1. The lowest BCUT2D eigenvalue weighted by atomic mass is 10.1. The number of rotatable bonds is 3. The molecule has 0 fully saturated rings. The molecule has 2 rings (SSSR count). The Bertz CT molecular complexity index is 598. The fourth-order valence-electron chi connectivity index (χ4n) is 1.57. The van der Waals surface area contributed by atoms with E-state index in [4.69, 9.17) is 10.6 Å². The third-order valence-corrected chi connectivity index (χ3v) is 3.72. The third kappa shape index (κ3) is 2.99. The second kappa shape index (κ2) is 5.50. The summed E-state index contributed by atoms with van der Waals surface area (Å²) in [5.41, 5.74) is 4.21. The lowest BCUT2D eigenvalue weighted by molar-refractivity contribution is 0.420. The Balaban J connectivity index is 2.36. The Morgan fingerprint density at radius 3 is 2.53 bits per heavy atom. The van der Waals surface area contributed by atoms with E-state index in [1.807, 2.05) is 13.8 Å². The van der Waals surface area contributed by atoms with Crippen molar-refractivity contribution in [2.75, 3.05) is 5.43 Å². The molecule has 0 atom stereocenters. The number of halogens is 2. The van der Waals surface area contributed by atoms with E-state index in [1.54, 1.807) is 12.1 Å². The van der Waals surface area contributed by atoms with E-state index in [1.165, 1.54) is 0 Å². The molecule has 0 saturated heterocycles. The van der Waals surface area contributed by atoms with Gasteiger partial charge in [-0.3, -0.25) is 5.43 Å². The molecule has 0 spiro atoms. The summed E-state index contributed by atoms with van der Waals surface area (Å²) in [6.07, 6.45) is 0.996. The van der Waals surface area contributed by atoms with Gasteiger partial charge in [-0.05, 0) is 37.1 Å². The van der Waals surface area contributed by atoms with Gasteiger partial charge in [0.25, 0.3) is 5.88 Å². The Hall–Kier alpha value is -1.73. The van der Waals surface area contributed by atoms with E-state index in [0.717, 1.165) is 21.8 Å². The van der Waals surface area contributed by atoms with Gasteiger partial charge < -0.3 is 4.74 Å². The van der Waals surface area contributed by atoms with E-state index in [9.17, 15) is 4.39 Å². The van der Waals surface area contributed by atoms with Crippen molar-refractivity contribution in [3.8, 4) is 11.6 Å². The summed E-state index contributed by atoms with van der Waals surface area (Å²) < 4.78 is 20.0. The smallest absolute Gasteiger partial charge is 0.260 e. The van der Waals surface area contributed by atoms with Gasteiger partial charge in [0.15, 0.2) is 0 Å². The summed E-state index contributed by atoms with van der Waals surface area (Å²) in [4.78, 5) is 7.45. The topological polar surface area (TPSA) is 73.1 Å². The number of nitrogens with zero attached hydrogens (tertiary/aromatic N) is 2. The maximum atomic E-state index is 13.5. The first-order valence-electron chi connectivity index (χ1n) is 5.45. The molecule has 100 valence electrons. The van der Waals surface area contributed by atoms with Crippen molar-refractivity contribution in [3.05, 3.63) is 39.7 Å². The predicted octanol–water partition coefficient (Wildman–Crippen LogP) is 3.07. The van der Waals surface area contributed by atoms with Crippen molar-refractivity contribution in [1.82, 2.24) is 9.97 Å². The van der Waals surface area contributed by atoms with Crippen LogP contribution in [0.15, 0.2) is 22.8 Å². The van der Waals surface area contributed by atoms with Gasteiger partial charge in [0.1, 0.15) is 5.75 Å². The fourth-order valence-corrected chi connectivity index (χ4v) is 1.80. The van der Waals surface area contributed by atoms with Crippen LogP contribution in [0.1, 0.15) is 11.1 Å². The highest BCUT2D eigenvalue weighted by Crippen LogP contribution is 2.29. The SMILES string of the molecule is Cc1cc(Oc2nc(NN)ncc2F)cc(C)c1Br. The van der Waals surface area contributed by atoms with Gasteiger partial charge in [-0.2, -0.15) is 9.37 Å². The van der Waals surface area contributed by atoms with Crippen molar-refractivity contribution in [2.45, 2.75) is 13.8 Å². The number of nitrogens with one attached hydrogen (secondary N) is 1. The van der Waals surface area contributed by atoms with Gasteiger partial charge in [-0.25, -0.2) is 10.8 Å². The van der Waals surface area contributed by atoms with Crippen LogP contribution in [0.25, 0.3) is 0 Å². The lowest BCUT2D eigenvalue weighted by Gasteiger charge is -2.10. The summed E-state index contributed by atoms with van der Waals surface area (Å²) in [5, 5.41) is 0. The van der Waals surface area contributed by atoms with Crippen LogP contribution < -0.4 is 16.0 Å². The Morgan fingerprint density at radius 1 is 1.32 bits per heavy atom. The minimum absolute atomic E-state index is 0.0851. The molecule has 0 bridgehead atoms. The molecule has 1 aromatic carbocycles. The first kappa shape index (κ1) is 13.7. The number of hydrazine groups is 1. The molecule has 19 heavy (non-hydrogen) atoms. The van der Waals surface area contributed by atoms with Crippen molar-refractivity contribution in [1.29, 1.82) is 0 Å². The number of hydrogen-bond acceptors (Lipinski definition) is 5. The van der Waals surface area contributed by atoms with Gasteiger partial charge in [0.2, 0.25) is 11.8 Å². The highest BCUT2D eigenvalue weighted by atomic mass is 79.9. The van der Waals surface area contributed by atoms with Crippen molar-refractivity contribution in [3.63, 3.8) is 0 Å². The minimum atomic E-state index is -0.655.